The van der Waals surface area contributed by atoms with Crippen LogP contribution in [0.3, 0.4) is 0 Å². The van der Waals surface area contributed by atoms with Crippen molar-refractivity contribution in [2.75, 3.05) is 14.2 Å². The van der Waals surface area contributed by atoms with Crippen molar-refractivity contribution in [3.8, 4) is 11.5 Å². The number of nitrogens with zero attached hydrogens (tertiary/aromatic N) is 1. The second-order valence-corrected chi connectivity index (χ2v) is 5.79. The summed E-state index contributed by atoms with van der Waals surface area (Å²) < 4.78 is 10.5. The minimum atomic E-state index is -0.252. The van der Waals surface area contributed by atoms with Crippen molar-refractivity contribution in [1.29, 1.82) is 0 Å². The van der Waals surface area contributed by atoms with E-state index >= 15 is 0 Å². The fourth-order valence-corrected chi connectivity index (χ4v) is 2.84. The maximum atomic E-state index is 12.7. The molecule has 3 rings (SSSR count). The van der Waals surface area contributed by atoms with Crippen LogP contribution in [0.5, 0.6) is 11.5 Å². The van der Waals surface area contributed by atoms with Crippen LogP contribution in [0, 0.1) is 6.92 Å². The van der Waals surface area contributed by atoms with Gasteiger partial charge in [-0.3, -0.25) is 4.79 Å². The van der Waals surface area contributed by atoms with E-state index in [9.17, 15) is 4.79 Å². The van der Waals surface area contributed by atoms with E-state index in [0.29, 0.717) is 22.6 Å². The first-order valence-electron chi connectivity index (χ1n) is 8.18. The first-order chi connectivity index (χ1) is 12.6. The molecule has 5 heteroatoms. The molecule has 1 N–H and O–H groups in total. The number of carbonyl (C=O) groups excluding carboxylic acids is 1. The van der Waals surface area contributed by atoms with Gasteiger partial charge in [-0.15, -0.1) is 0 Å². The Bertz CT molecular complexity index is 980. The Morgan fingerprint density at radius 2 is 1.85 bits per heavy atom. The smallest absolute Gasteiger partial charge is 0.272 e. The number of aryl methyl sites for hydroxylation is 1. The Hall–Kier alpha value is -3.34. The standard InChI is InChI=1S/C21H20N2O3/c1-14-8-9-15-6-4-5-7-18(15)20(14)21(24)23-22-13-16-12-17(25-2)10-11-19(16)26-3/h4-13H,1-3H3,(H,23,24)/b22-13-. The highest BCUT2D eigenvalue weighted by Crippen LogP contribution is 2.23. The Morgan fingerprint density at radius 1 is 1.04 bits per heavy atom. The number of benzene rings is 3. The Kier molecular flexibility index (Phi) is 5.17. The van der Waals surface area contributed by atoms with E-state index in [2.05, 4.69) is 10.5 Å². The first kappa shape index (κ1) is 17.5. The van der Waals surface area contributed by atoms with Crippen LogP contribution < -0.4 is 14.9 Å². The molecular weight excluding hydrogens is 328 g/mol. The normalized spacial score (nSPS) is 10.9. The zero-order valence-corrected chi connectivity index (χ0v) is 14.9. The van der Waals surface area contributed by atoms with Gasteiger partial charge in [0, 0.05) is 5.56 Å². The fraction of sp³-hybridized carbons (Fsp3) is 0.143. The van der Waals surface area contributed by atoms with Gasteiger partial charge in [-0.25, -0.2) is 5.43 Å². The van der Waals surface area contributed by atoms with Gasteiger partial charge < -0.3 is 9.47 Å². The van der Waals surface area contributed by atoms with E-state index in [-0.39, 0.29) is 5.91 Å². The maximum Gasteiger partial charge on any atom is 0.272 e. The molecule has 0 spiro atoms. The fourth-order valence-electron chi connectivity index (χ4n) is 2.84. The lowest BCUT2D eigenvalue weighted by Crippen LogP contribution is -2.19. The number of rotatable bonds is 5. The third-order valence-corrected chi connectivity index (χ3v) is 4.17. The number of hydrogen-bond donors (Lipinski definition) is 1. The molecule has 0 aliphatic heterocycles. The second-order valence-electron chi connectivity index (χ2n) is 5.79. The first-order valence-corrected chi connectivity index (χ1v) is 8.18. The van der Waals surface area contributed by atoms with Gasteiger partial charge in [-0.1, -0.05) is 36.4 Å². The lowest BCUT2D eigenvalue weighted by Gasteiger charge is -2.09. The van der Waals surface area contributed by atoms with Crippen molar-refractivity contribution in [1.82, 2.24) is 5.43 Å². The van der Waals surface area contributed by atoms with Gasteiger partial charge in [0.05, 0.1) is 26.0 Å². The monoisotopic (exact) mass is 348 g/mol. The molecular formula is C21H20N2O3. The lowest BCUT2D eigenvalue weighted by atomic mass is 9.99. The van der Waals surface area contributed by atoms with Crippen LogP contribution in [0.1, 0.15) is 21.5 Å². The Labute approximate surface area is 152 Å². The molecule has 0 bridgehead atoms. The molecule has 0 aliphatic rings. The maximum absolute atomic E-state index is 12.7. The zero-order valence-electron chi connectivity index (χ0n) is 14.9. The Morgan fingerprint density at radius 3 is 2.62 bits per heavy atom. The minimum Gasteiger partial charge on any atom is -0.497 e. The summed E-state index contributed by atoms with van der Waals surface area (Å²) in [6.45, 7) is 1.91. The van der Waals surface area contributed by atoms with E-state index in [1.165, 1.54) is 0 Å². The summed E-state index contributed by atoms with van der Waals surface area (Å²) in [5.74, 6) is 1.08. The average Bonchev–Trinajstić information content (AvgIpc) is 2.67. The molecule has 3 aromatic rings. The molecule has 0 atom stereocenters. The number of hydrogen-bond acceptors (Lipinski definition) is 4. The Balaban J connectivity index is 1.86. The number of methoxy groups -OCH3 is 2. The van der Waals surface area contributed by atoms with Gasteiger partial charge in [-0.05, 0) is 41.5 Å². The predicted octanol–water partition coefficient (Wildman–Crippen LogP) is 3.93. The number of nitrogens with one attached hydrogen (secondary N) is 1. The van der Waals surface area contributed by atoms with E-state index < -0.39 is 0 Å². The van der Waals surface area contributed by atoms with Crippen LogP contribution in [0.15, 0.2) is 59.7 Å². The lowest BCUT2D eigenvalue weighted by molar-refractivity contribution is 0.0956. The highest BCUT2D eigenvalue weighted by Gasteiger charge is 2.12. The minimum absolute atomic E-state index is 0.252. The molecule has 1 amide bonds. The average molecular weight is 348 g/mol. The molecule has 132 valence electrons. The molecule has 0 aliphatic carbocycles. The van der Waals surface area contributed by atoms with Crippen molar-refractivity contribution >= 4 is 22.9 Å². The van der Waals surface area contributed by atoms with Crippen LogP contribution in [0.25, 0.3) is 10.8 Å². The van der Waals surface area contributed by atoms with Gasteiger partial charge in [0.15, 0.2) is 0 Å². The highest BCUT2D eigenvalue weighted by atomic mass is 16.5. The molecule has 0 heterocycles. The number of ether oxygens (including phenoxy) is 2. The van der Waals surface area contributed by atoms with Crippen LogP contribution in [0.4, 0.5) is 0 Å². The molecule has 5 nitrogen and oxygen atoms in total. The summed E-state index contributed by atoms with van der Waals surface area (Å²) in [4.78, 5) is 12.7. The molecule has 0 saturated carbocycles. The van der Waals surface area contributed by atoms with E-state index in [1.807, 2.05) is 43.3 Å². The number of hydrazone groups is 1. The van der Waals surface area contributed by atoms with Crippen LogP contribution in [-0.4, -0.2) is 26.3 Å². The van der Waals surface area contributed by atoms with E-state index in [4.69, 9.17) is 9.47 Å². The van der Waals surface area contributed by atoms with Gasteiger partial charge >= 0.3 is 0 Å². The topological polar surface area (TPSA) is 59.9 Å². The number of carbonyl (C=O) groups is 1. The molecule has 0 radical (unpaired) electrons. The summed E-state index contributed by atoms with van der Waals surface area (Å²) in [7, 11) is 3.17. The van der Waals surface area contributed by atoms with Crippen LogP contribution in [-0.2, 0) is 0 Å². The predicted molar refractivity (Wildman–Crippen MR) is 103 cm³/mol. The largest absolute Gasteiger partial charge is 0.497 e. The molecule has 0 unspecified atom stereocenters. The molecule has 0 aromatic heterocycles. The van der Waals surface area contributed by atoms with Gasteiger partial charge in [-0.2, -0.15) is 5.10 Å². The third kappa shape index (κ3) is 3.52. The van der Waals surface area contributed by atoms with Gasteiger partial charge in [0.1, 0.15) is 11.5 Å². The van der Waals surface area contributed by atoms with Crippen molar-refractivity contribution in [3.05, 3.63) is 71.3 Å². The second kappa shape index (κ2) is 7.70. The van der Waals surface area contributed by atoms with Crippen molar-refractivity contribution in [3.63, 3.8) is 0 Å². The van der Waals surface area contributed by atoms with Crippen molar-refractivity contribution in [2.45, 2.75) is 6.92 Å². The van der Waals surface area contributed by atoms with Crippen LogP contribution in [0.2, 0.25) is 0 Å². The summed E-state index contributed by atoms with van der Waals surface area (Å²) in [5, 5.41) is 6.01. The summed E-state index contributed by atoms with van der Waals surface area (Å²) >= 11 is 0. The number of amides is 1. The zero-order chi connectivity index (χ0) is 18.5. The molecule has 0 fully saturated rings. The molecule has 3 aromatic carbocycles. The molecule has 26 heavy (non-hydrogen) atoms. The SMILES string of the molecule is COc1ccc(OC)c(/C=N\NC(=O)c2c(C)ccc3ccccc23)c1. The van der Waals surface area contributed by atoms with E-state index in [1.54, 1.807) is 38.6 Å². The quantitative estimate of drug-likeness (QED) is 0.561. The van der Waals surface area contributed by atoms with Crippen molar-refractivity contribution < 1.29 is 14.3 Å². The summed E-state index contributed by atoms with van der Waals surface area (Å²) in [6, 6.07) is 17.1. The highest BCUT2D eigenvalue weighted by molar-refractivity contribution is 6.08. The van der Waals surface area contributed by atoms with E-state index in [0.717, 1.165) is 16.3 Å². The van der Waals surface area contributed by atoms with Crippen molar-refractivity contribution in [2.24, 2.45) is 5.10 Å². The van der Waals surface area contributed by atoms with Crippen LogP contribution >= 0.6 is 0 Å². The summed E-state index contributed by atoms with van der Waals surface area (Å²) in [6.07, 6.45) is 1.54. The third-order valence-electron chi connectivity index (χ3n) is 4.17. The number of fused-ring (bicyclic) bond motifs is 1. The summed E-state index contributed by atoms with van der Waals surface area (Å²) in [5.41, 5.74) is 4.83. The molecule has 0 saturated heterocycles. The van der Waals surface area contributed by atoms with Gasteiger partial charge in [0.25, 0.3) is 5.91 Å². The van der Waals surface area contributed by atoms with Gasteiger partial charge in [0.2, 0.25) is 0 Å².